The highest BCUT2D eigenvalue weighted by molar-refractivity contribution is 5.98. The molecule has 0 radical (unpaired) electrons. The van der Waals surface area contributed by atoms with E-state index in [2.05, 4.69) is 20.6 Å². The highest BCUT2D eigenvalue weighted by Gasteiger charge is 2.26. The standard InChI is InChI=1S/C22H23N5O4/c28-20-14-31-19-12-16(26-13-17(21(29)30)15-4-2-1-3-5-15)6-7-18(19)27(20)11-10-25-22-23-8-9-24-22/h1-9,12,17,26H,10-11,13-14H2,(H,29,30)(H2,23,24,25). The Morgan fingerprint density at radius 3 is 2.81 bits per heavy atom. The first kappa shape index (κ1) is 20.3. The number of aliphatic carboxylic acids is 1. The Bertz CT molecular complexity index is 1040. The van der Waals surface area contributed by atoms with E-state index < -0.39 is 11.9 Å². The van der Waals surface area contributed by atoms with Crippen LogP contribution in [0.15, 0.2) is 60.9 Å². The average Bonchev–Trinajstić information content (AvgIpc) is 3.29. The molecule has 0 fully saturated rings. The molecule has 2 heterocycles. The van der Waals surface area contributed by atoms with Crippen LogP contribution in [-0.2, 0) is 9.59 Å². The summed E-state index contributed by atoms with van der Waals surface area (Å²) in [4.78, 5) is 32.8. The van der Waals surface area contributed by atoms with Gasteiger partial charge in [0, 0.05) is 43.8 Å². The van der Waals surface area contributed by atoms with Gasteiger partial charge in [0.1, 0.15) is 5.75 Å². The number of rotatable bonds is 9. The molecule has 1 amide bonds. The van der Waals surface area contributed by atoms with Gasteiger partial charge < -0.3 is 30.4 Å². The number of nitrogens with zero attached hydrogens (tertiary/aromatic N) is 2. The van der Waals surface area contributed by atoms with Crippen molar-refractivity contribution in [2.75, 3.05) is 41.8 Å². The van der Waals surface area contributed by atoms with Crippen LogP contribution in [-0.4, -0.2) is 53.2 Å². The van der Waals surface area contributed by atoms with Crippen molar-refractivity contribution < 1.29 is 19.4 Å². The SMILES string of the molecule is O=C(O)C(CNc1ccc2c(c1)OCC(=O)N2CCNc1ncc[nH]1)c1ccccc1. The summed E-state index contributed by atoms with van der Waals surface area (Å²) in [5.74, 6) is -0.469. The van der Waals surface area contributed by atoms with Gasteiger partial charge in [0.2, 0.25) is 0 Å². The third-order valence-electron chi connectivity index (χ3n) is 5.04. The molecule has 9 heteroatoms. The number of amides is 1. The first-order valence-corrected chi connectivity index (χ1v) is 9.94. The highest BCUT2D eigenvalue weighted by atomic mass is 16.5. The van der Waals surface area contributed by atoms with Gasteiger partial charge in [0.15, 0.2) is 12.6 Å². The number of nitrogens with one attached hydrogen (secondary N) is 3. The van der Waals surface area contributed by atoms with Crippen LogP contribution in [0.25, 0.3) is 0 Å². The van der Waals surface area contributed by atoms with Crippen molar-refractivity contribution in [3.05, 3.63) is 66.5 Å². The maximum absolute atomic E-state index is 12.4. The Morgan fingerprint density at radius 2 is 2.06 bits per heavy atom. The molecule has 1 aliphatic heterocycles. The molecule has 0 bridgehead atoms. The third-order valence-corrected chi connectivity index (χ3v) is 5.04. The zero-order valence-electron chi connectivity index (χ0n) is 16.7. The van der Waals surface area contributed by atoms with E-state index in [1.807, 2.05) is 24.3 Å². The van der Waals surface area contributed by atoms with Crippen LogP contribution >= 0.6 is 0 Å². The fourth-order valence-corrected chi connectivity index (χ4v) is 3.46. The first-order chi connectivity index (χ1) is 15.1. The number of carboxylic acids is 1. The molecule has 9 nitrogen and oxygen atoms in total. The van der Waals surface area contributed by atoms with Crippen LogP contribution in [0.3, 0.4) is 0 Å². The van der Waals surface area contributed by atoms with Crippen LogP contribution < -0.4 is 20.3 Å². The topological polar surface area (TPSA) is 120 Å². The molecule has 1 aromatic heterocycles. The number of ether oxygens (including phenoxy) is 1. The summed E-state index contributed by atoms with van der Waals surface area (Å²) in [5, 5.41) is 15.9. The summed E-state index contributed by atoms with van der Waals surface area (Å²) in [6, 6.07) is 14.5. The lowest BCUT2D eigenvalue weighted by atomic mass is 9.99. The molecule has 1 atom stereocenters. The molecular formula is C22H23N5O4. The molecule has 4 N–H and O–H groups in total. The van der Waals surface area contributed by atoms with E-state index in [1.165, 1.54) is 0 Å². The van der Waals surface area contributed by atoms with Crippen molar-refractivity contribution in [2.24, 2.45) is 0 Å². The lowest BCUT2D eigenvalue weighted by Crippen LogP contribution is -2.41. The Hall–Kier alpha value is -4.01. The maximum atomic E-state index is 12.4. The van der Waals surface area contributed by atoms with E-state index in [-0.39, 0.29) is 19.1 Å². The molecule has 0 spiro atoms. The van der Waals surface area contributed by atoms with Gasteiger partial charge >= 0.3 is 5.97 Å². The minimum atomic E-state index is -0.895. The predicted molar refractivity (Wildman–Crippen MR) is 117 cm³/mol. The van der Waals surface area contributed by atoms with Crippen LogP contribution in [0.1, 0.15) is 11.5 Å². The number of carbonyl (C=O) groups is 2. The number of aromatic nitrogens is 2. The van der Waals surface area contributed by atoms with Gasteiger partial charge in [-0.3, -0.25) is 9.59 Å². The Kier molecular flexibility index (Phi) is 6.02. The molecule has 1 unspecified atom stereocenters. The Labute approximate surface area is 179 Å². The molecule has 0 saturated carbocycles. The summed E-state index contributed by atoms with van der Waals surface area (Å²) < 4.78 is 5.61. The van der Waals surface area contributed by atoms with Gasteiger partial charge in [-0.2, -0.15) is 0 Å². The molecule has 1 aliphatic rings. The summed E-state index contributed by atoms with van der Waals surface area (Å²) >= 11 is 0. The minimum absolute atomic E-state index is 0.0427. The fourth-order valence-electron chi connectivity index (χ4n) is 3.46. The molecule has 4 rings (SSSR count). The van der Waals surface area contributed by atoms with Crippen molar-refractivity contribution in [2.45, 2.75) is 5.92 Å². The van der Waals surface area contributed by atoms with E-state index in [9.17, 15) is 14.7 Å². The second-order valence-electron chi connectivity index (χ2n) is 7.06. The zero-order valence-corrected chi connectivity index (χ0v) is 16.7. The molecule has 3 aromatic rings. The average molecular weight is 421 g/mol. The first-order valence-electron chi connectivity index (χ1n) is 9.94. The molecule has 0 aliphatic carbocycles. The summed E-state index contributed by atoms with van der Waals surface area (Å²) in [5.41, 5.74) is 2.14. The Morgan fingerprint density at radius 1 is 1.23 bits per heavy atom. The number of H-pyrrole nitrogens is 1. The monoisotopic (exact) mass is 421 g/mol. The summed E-state index contributed by atoms with van der Waals surface area (Å²) in [6.07, 6.45) is 3.37. The van der Waals surface area contributed by atoms with E-state index in [0.717, 1.165) is 11.3 Å². The van der Waals surface area contributed by atoms with Crippen LogP contribution in [0, 0.1) is 0 Å². The maximum Gasteiger partial charge on any atom is 0.312 e. The molecule has 2 aromatic carbocycles. The van der Waals surface area contributed by atoms with E-state index in [0.29, 0.717) is 30.5 Å². The molecular weight excluding hydrogens is 398 g/mol. The van der Waals surface area contributed by atoms with Gasteiger partial charge in [-0.25, -0.2) is 4.98 Å². The number of anilines is 3. The zero-order chi connectivity index (χ0) is 21.6. The second-order valence-corrected chi connectivity index (χ2v) is 7.06. The number of carboxylic acid groups (broad SMARTS) is 1. The van der Waals surface area contributed by atoms with Gasteiger partial charge in [-0.1, -0.05) is 30.3 Å². The van der Waals surface area contributed by atoms with Crippen molar-refractivity contribution in [3.8, 4) is 5.75 Å². The van der Waals surface area contributed by atoms with Crippen LogP contribution in [0.5, 0.6) is 5.75 Å². The number of fused-ring (bicyclic) bond motifs is 1. The fraction of sp³-hybridized carbons (Fsp3) is 0.227. The third kappa shape index (κ3) is 4.77. The second kappa shape index (κ2) is 9.21. The number of imidazole rings is 1. The molecule has 160 valence electrons. The van der Waals surface area contributed by atoms with Gasteiger partial charge in [-0.15, -0.1) is 0 Å². The highest BCUT2D eigenvalue weighted by Crippen LogP contribution is 2.34. The van der Waals surface area contributed by atoms with Gasteiger partial charge in [0.05, 0.1) is 11.6 Å². The summed E-state index contributed by atoms with van der Waals surface area (Å²) in [6.45, 7) is 1.17. The Balaban J connectivity index is 1.42. The minimum Gasteiger partial charge on any atom is -0.481 e. The normalized spacial score (nSPS) is 13.8. The number of carbonyl (C=O) groups excluding carboxylic acids is 1. The number of aromatic amines is 1. The van der Waals surface area contributed by atoms with E-state index in [1.54, 1.807) is 41.6 Å². The van der Waals surface area contributed by atoms with Crippen LogP contribution in [0.2, 0.25) is 0 Å². The number of benzene rings is 2. The molecule has 0 saturated heterocycles. The van der Waals surface area contributed by atoms with E-state index in [4.69, 9.17) is 4.74 Å². The summed E-state index contributed by atoms with van der Waals surface area (Å²) in [7, 11) is 0. The lowest BCUT2D eigenvalue weighted by Gasteiger charge is -2.30. The van der Waals surface area contributed by atoms with Crippen molar-refractivity contribution in [1.82, 2.24) is 9.97 Å². The predicted octanol–water partition coefficient (Wildman–Crippen LogP) is 2.53. The van der Waals surface area contributed by atoms with Crippen molar-refractivity contribution in [1.29, 1.82) is 0 Å². The van der Waals surface area contributed by atoms with Crippen molar-refractivity contribution in [3.63, 3.8) is 0 Å². The quantitative estimate of drug-likeness (QED) is 0.419. The van der Waals surface area contributed by atoms with Crippen molar-refractivity contribution >= 4 is 29.2 Å². The van der Waals surface area contributed by atoms with E-state index >= 15 is 0 Å². The van der Waals surface area contributed by atoms with Crippen LogP contribution in [0.4, 0.5) is 17.3 Å². The number of hydrogen-bond acceptors (Lipinski definition) is 6. The van der Waals surface area contributed by atoms with Gasteiger partial charge in [-0.05, 0) is 17.7 Å². The number of hydrogen-bond donors (Lipinski definition) is 4. The lowest BCUT2D eigenvalue weighted by molar-refractivity contribution is -0.138. The molecule has 31 heavy (non-hydrogen) atoms. The largest absolute Gasteiger partial charge is 0.481 e. The smallest absolute Gasteiger partial charge is 0.312 e. The van der Waals surface area contributed by atoms with Gasteiger partial charge in [0.25, 0.3) is 5.91 Å².